The van der Waals surface area contributed by atoms with E-state index in [2.05, 4.69) is 20.4 Å². The number of amides is 1. The molecular formula is C21H23N5O4S. The molecule has 2 fully saturated rings. The topological polar surface area (TPSA) is 118 Å². The van der Waals surface area contributed by atoms with Gasteiger partial charge in [-0.2, -0.15) is 4.98 Å². The van der Waals surface area contributed by atoms with Crippen LogP contribution >= 0.6 is 0 Å². The van der Waals surface area contributed by atoms with Gasteiger partial charge in [-0.1, -0.05) is 29.4 Å². The number of carbonyl (C=O) groups excluding carboxylic acids is 1. The van der Waals surface area contributed by atoms with Gasteiger partial charge in [0, 0.05) is 24.5 Å². The maximum atomic E-state index is 12.9. The molecule has 3 heterocycles. The average Bonchev–Trinajstić information content (AvgIpc) is 3.40. The van der Waals surface area contributed by atoms with Gasteiger partial charge in [-0.25, -0.2) is 17.7 Å². The quantitative estimate of drug-likeness (QED) is 0.654. The second kappa shape index (κ2) is 7.10. The highest BCUT2D eigenvalue weighted by molar-refractivity contribution is 7.88. The van der Waals surface area contributed by atoms with Crippen LogP contribution in [0.3, 0.4) is 0 Å². The van der Waals surface area contributed by atoms with Crippen LogP contribution in [0.4, 0.5) is 0 Å². The molecular weight excluding hydrogens is 418 g/mol. The standard InChI is InChI=1S/C21H23N5O4S/c1-13-22-20(30-25-13)21-10-16(9-15(21)11-26(12-21)31(2,28)29)23-19(27)18-8-7-14-5-3-4-6-17(14)24-18/h3-8,15-16H,9-12H2,1-2H3,(H,23,27)/t15?,16-,21+/m1/s1. The molecule has 0 spiro atoms. The van der Waals surface area contributed by atoms with E-state index >= 15 is 0 Å². The van der Waals surface area contributed by atoms with Crippen LogP contribution in [0.25, 0.3) is 10.9 Å². The lowest BCUT2D eigenvalue weighted by molar-refractivity contribution is 0.0930. The molecule has 2 aliphatic rings. The maximum Gasteiger partial charge on any atom is 0.270 e. The number of hydrogen-bond donors (Lipinski definition) is 1. The predicted molar refractivity (Wildman–Crippen MR) is 113 cm³/mol. The van der Waals surface area contributed by atoms with Gasteiger partial charge >= 0.3 is 0 Å². The number of hydrogen-bond acceptors (Lipinski definition) is 7. The largest absolute Gasteiger partial charge is 0.348 e. The van der Waals surface area contributed by atoms with Crippen LogP contribution in [0.2, 0.25) is 0 Å². The molecule has 0 bridgehead atoms. The number of nitrogens with one attached hydrogen (secondary N) is 1. The van der Waals surface area contributed by atoms with Crippen LogP contribution in [-0.4, -0.2) is 59.1 Å². The Kier molecular flexibility index (Phi) is 4.60. The third kappa shape index (κ3) is 3.49. The van der Waals surface area contributed by atoms with Gasteiger partial charge in [0.15, 0.2) is 5.82 Å². The number of benzene rings is 1. The molecule has 5 rings (SSSR count). The summed E-state index contributed by atoms with van der Waals surface area (Å²) in [6.45, 7) is 2.39. The zero-order chi connectivity index (χ0) is 21.8. The van der Waals surface area contributed by atoms with Crippen molar-refractivity contribution < 1.29 is 17.7 Å². The van der Waals surface area contributed by atoms with E-state index < -0.39 is 15.4 Å². The van der Waals surface area contributed by atoms with E-state index in [0.29, 0.717) is 36.8 Å². The van der Waals surface area contributed by atoms with Crippen molar-refractivity contribution in [2.75, 3.05) is 19.3 Å². The lowest BCUT2D eigenvalue weighted by Gasteiger charge is -2.24. The minimum Gasteiger partial charge on any atom is -0.348 e. The molecule has 0 radical (unpaired) electrons. The smallest absolute Gasteiger partial charge is 0.270 e. The minimum absolute atomic E-state index is 0.0167. The molecule has 1 unspecified atom stereocenters. The molecule has 10 heteroatoms. The number of aromatic nitrogens is 3. The van der Waals surface area contributed by atoms with Crippen LogP contribution in [-0.2, 0) is 15.4 Å². The highest BCUT2D eigenvalue weighted by Crippen LogP contribution is 2.50. The fourth-order valence-corrected chi connectivity index (χ4v) is 5.89. The Hall–Kier alpha value is -2.85. The first kappa shape index (κ1) is 20.1. The number of aryl methyl sites for hydroxylation is 1. The minimum atomic E-state index is -3.34. The number of nitrogens with zero attached hydrogens (tertiary/aromatic N) is 4. The van der Waals surface area contributed by atoms with E-state index in [0.717, 1.165) is 10.9 Å². The van der Waals surface area contributed by atoms with Crippen molar-refractivity contribution in [3.63, 3.8) is 0 Å². The van der Waals surface area contributed by atoms with Crippen LogP contribution in [0.5, 0.6) is 0 Å². The van der Waals surface area contributed by atoms with Crippen LogP contribution < -0.4 is 5.32 Å². The van der Waals surface area contributed by atoms with E-state index in [4.69, 9.17) is 4.52 Å². The first-order chi connectivity index (χ1) is 14.7. The van der Waals surface area contributed by atoms with Gasteiger partial charge < -0.3 is 9.84 Å². The van der Waals surface area contributed by atoms with Crippen LogP contribution in [0.1, 0.15) is 35.0 Å². The molecule has 3 atom stereocenters. The number of rotatable bonds is 4. The second-order valence-corrected chi connectivity index (χ2v) is 10.5. The fraction of sp³-hybridized carbons (Fsp3) is 0.429. The van der Waals surface area contributed by atoms with Gasteiger partial charge in [0.05, 0.1) is 17.2 Å². The summed E-state index contributed by atoms with van der Waals surface area (Å²) in [7, 11) is -3.34. The molecule has 1 saturated heterocycles. The van der Waals surface area contributed by atoms with Gasteiger partial charge in [-0.15, -0.1) is 0 Å². The van der Waals surface area contributed by atoms with Gasteiger partial charge in [-0.3, -0.25) is 4.79 Å². The summed E-state index contributed by atoms with van der Waals surface area (Å²) in [6, 6.07) is 11.1. The number of para-hydroxylation sites is 1. The first-order valence-electron chi connectivity index (χ1n) is 10.2. The molecule has 162 valence electrons. The third-order valence-electron chi connectivity index (χ3n) is 6.43. The zero-order valence-corrected chi connectivity index (χ0v) is 18.1. The van der Waals surface area contributed by atoms with Gasteiger partial charge in [0.1, 0.15) is 5.69 Å². The Morgan fingerprint density at radius 3 is 2.77 bits per heavy atom. The molecule has 31 heavy (non-hydrogen) atoms. The number of carbonyl (C=O) groups is 1. The molecule has 1 amide bonds. The summed E-state index contributed by atoms with van der Waals surface area (Å²) in [5.74, 6) is 0.694. The van der Waals surface area contributed by atoms with Crippen molar-refractivity contribution >= 4 is 26.8 Å². The molecule has 3 aromatic rings. The van der Waals surface area contributed by atoms with Gasteiger partial charge in [0.25, 0.3) is 5.91 Å². The average molecular weight is 442 g/mol. The number of fused-ring (bicyclic) bond motifs is 2. The van der Waals surface area contributed by atoms with Crippen molar-refractivity contribution in [1.29, 1.82) is 0 Å². The normalized spacial score (nSPS) is 26.3. The van der Waals surface area contributed by atoms with E-state index in [1.807, 2.05) is 30.3 Å². The second-order valence-electron chi connectivity index (χ2n) is 8.55. The summed E-state index contributed by atoms with van der Waals surface area (Å²) < 4.78 is 31.3. The van der Waals surface area contributed by atoms with E-state index in [-0.39, 0.29) is 24.4 Å². The van der Waals surface area contributed by atoms with Crippen molar-refractivity contribution in [2.45, 2.75) is 31.2 Å². The molecule has 9 nitrogen and oxygen atoms in total. The van der Waals surface area contributed by atoms with Crippen molar-refractivity contribution in [3.8, 4) is 0 Å². The third-order valence-corrected chi connectivity index (χ3v) is 7.65. The fourth-order valence-electron chi connectivity index (χ4n) is 4.97. The van der Waals surface area contributed by atoms with E-state index in [1.165, 1.54) is 10.6 Å². The summed E-state index contributed by atoms with van der Waals surface area (Å²) in [4.78, 5) is 21.8. The molecule has 2 aromatic heterocycles. The Bertz CT molecular complexity index is 1270. The highest BCUT2D eigenvalue weighted by Gasteiger charge is 2.59. The zero-order valence-electron chi connectivity index (χ0n) is 17.3. The Morgan fingerprint density at radius 2 is 2.03 bits per heavy atom. The number of pyridine rings is 1. The Labute approximate surface area is 179 Å². The van der Waals surface area contributed by atoms with E-state index in [9.17, 15) is 13.2 Å². The monoisotopic (exact) mass is 441 g/mol. The van der Waals surface area contributed by atoms with Crippen molar-refractivity contribution in [1.82, 2.24) is 24.7 Å². The summed E-state index contributed by atoms with van der Waals surface area (Å²) in [6.07, 6.45) is 2.38. The van der Waals surface area contributed by atoms with Crippen LogP contribution in [0, 0.1) is 12.8 Å². The van der Waals surface area contributed by atoms with Crippen LogP contribution in [0.15, 0.2) is 40.9 Å². The molecule has 1 aliphatic heterocycles. The molecule has 1 aliphatic carbocycles. The number of sulfonamides is 1. The van der Waals surface area contributed by atoms with Gasteiger partial charge in [-0.05, 0) is 37.8 Å². The van der Waals surface area contributed by atoms with Gasteiger partial charge in [0.2, 0.25) is 15.9 Å². The maximum absolute atomic E-state index is 12.9. The Morgan fingerprint density at radius 1 is 1.23 bits per heavy atom. The molecule has 1 N–H and O–H groups in total. The lowest BCUT2D eigenvalue weighted by atomic mass is 9.80. The van der Waals surface area contributed by atoms with E-state index in [1.54, 1.807) is 13.0 Å². The summed E-state index contributed by atoms with van der Waals surface area (Å²) in [5, 5.41) is 7.97. The first-order valence-corrected chi connectivity index (χ1v) is 12.0. The van der Waals surface area contributed by atoms with Crippen molar-refractivity contribution in [2.24, 2.45) is 5.92 Å². The lowest BCUT2D eigenvalue weighted by Crippen LogP contribution is -2.39. The summed E-state index contributed by atoms with van der Waals surface area (Å²) in [5.41, 5.74) is 0.523. The highest BCUT2D eigenvalue weighted by atomic mass is 32.2. The molecule has 1 saturated carbocycles. The SMILES string of the molecule is Cc1noc([C@]23C[C@H](NC(=O)c4ccc5ccccc5n4)CC2CN(S(C)(=O)=O)C3)n1. The van der Waals surface area contributed by atoms with Crippen molar-refractivity contribution in [3.05, 3.63) is 53.8 Å². The molecule has 1 aromatic carbocycles. The predicted octanol–water partition coefficient (Wildman–Crippen LogP) is 1.65. The summed E-state index contributed by atoms with van der Waals surface area (Å²) >= 11 is 0. The Balaban J connectivity index is 1.39.